The fourth-order valence-electron chi connectivity index (χ4n) is 8.02. The second kappa shape index (κ2) is 34.8. The quantitative estimate of drug-likeness (QED) is 0.0274. The minimum atomic E-state index is -1.83. The molecule has 0 saturated carbocycles. The first-order valence-electron chi connectivity index (χ1n) is 24.9. The number of carbonyl (C=O) groups is 2. The van der Waals surface area contributed by atoms with Gasteiger partial charge in [-0.1, -0.05) is 163 Å². The molecule has 15 nitrogen and oxygen atoms in total. The predicted octanol–water partition coefficient (Wildman–Crippen LogP) is 6.15. The number of ether oxygens (including phenoxy) is 6. The number of aliphatic hydroxyl groups is 7. The lowest BCUT2D eigenvalue weighted by Crippen LogP contribution is -2.65. The molecule has 0 aromatic carbocycles. The third-order valence-electron chi connectivity index (χ3n) is 12.9. The van der Waals surface area contributed by atoms with Crippen molar-refractivity contribution in [3.63, 3.8) is 0 Å². The normalized spacial score (nSPS) is 27.8. The summed E-state index contributed by atoms with van der Waals surface area (Å²) in [5.41, 5.74) is 0. The van der Waals surface area contributed by atoms with Crippen molar-refractivity contribution in [3.8, 4) is 0 Å². The zero-order valence-corrected chi connectivity index (χ0v) is 39.4. The van der Waals surface area contributed by atoms with E-state index in [0.29, 0.717) is 12.8 Å². The number of unbranched alkanes of at least 4 members (excludes halogenated alkanes) is 17. The van der Waals surface area contributed by atoms with Gasteiger partial charge in [-0.05, 0) is 24.7 Å². The van der Waals surface area contributed by atoms with Crippen LogP contribution in [0.3, 0.4) is 0 Å². The summed E-state index contributed by atoms with van der Waals surface area (Å²) in [6.07, 6.45) is 9.29. The van der Waals surface area contributed by atoms with Crippen LogP contribution in [-0.2, 0) is 38.0 Å². The maximum atomic E-state index is 12.7. The van der Waals surface area contributed by atoms with E-state index in [1.165, 1.54) is 96.3 Å². The summed E-state index contributed by atoms with van der Waals surface area (Å²) in [4.78, 5) is 25.0. The number of carbonyl (C=O) groups excluding carboxylic acids is 2. The Hall–Kier alpha value is -1.50. The van der Waals surface area contributed by atoms with E-state index < -0.39 is 99.3 Å². The van der Waals surface area contributed by atoms with E-state index in [-0.39, 0.29) is 19.4 Å². The fraction of sp³-hybridized carbons (Fsp3) is 0.958. The van der Waals surface area contributed by atoms with Crippen LogP contribution in [0.15, 0.2) is 0 Å². The Labute approximate surface area is 378 Å². The Morgan fingerprint density at radius 3 is 1.44 bits per heavy atom. The summed E-state index contributed by atoms with van der Waals surface area (Å²) < 4.78 is 33.3. The van der Waals surface area contributed by atoms with Crippen LogP contribution >= 0.6 is 0 Å². The van der Waals surface area contributed by atoms with E-state index in [1.54, 1.807) is 0 Å². The van der Waals surface area contributed by atoms with Crippen LogP contribution in [-0.4, -0.2) is 142 Å². The highest BCUT2D eigenvalue weighted by molar-refractivity contribution is 5.69. The van der Waals surface area contributed by atoms with Crippen LogP contribution in [0.1, 0.15) is 188 Å². The van der Waals surface area contributed by atoms with Crippen molar-refractivity contribution < 1.29 is 73.8 Å². The molecule has 0 aliphatic carbocycles. The lowest BCUT2D eigenvalue weighted by molar-refractivity contribution is -0.361. The van der Waals surface area contributed by atoms with Gasteiger partial charge in [0.25, 0.3) is 0 Å². The highest BCUT2D eigenvalue weighted by atomic mass is 16.7. The zero-order chi connectivity index (χ0) is 46.4. The summed E-state index contributed by atoms with van der Waals surface area (Å²) in [5, 5.41) is 73.7. The smallest absolute Gasteiger partial charge is 0.305 e. The maximum Gasteiger partial charge on any atom is 0.305 e. The van der Waals surface area contributed by atoms with Crippen LogP contribution in [0, 0.1) is 11.8 Å². The molecule has 0 radical (unpaired) electrons. The van der Waals surface area contributed by atoms with Crippen LogP contribution in [0.4, 0.5) is 0 Å². The van der Waals surface area contributed by atoms with Gasteiger partial charge in [0.15, 0.2) is 12.6 Å². The van der Waals surface area contributed by atoms with Crippen molar-refractivity contribution in [2.45, 2.75) is 256 Å². The van der Waals surface area contributed by atoms with Gasteiger partial charge in [-0.25, -0.2) is 0 Å². The Balaban J connectivity index is 1.78. The summed E-state index contributed by atoms with van der Waals surface area (Å²) in [6, 6.07) is 0. The van der Waals surface area contributed by atoms with E-state index in [1.807, 2.05) is 0 Å². The van der Waals surface area contributed by atoms with Gasteiger partial charge in [-0.2, -0.15) is 0 Å². The van der Waals surface area contributed by atoms with E-state index in [0.717, 1.165) is 50.4 Å². The van der Waals surface area contributed by atoms with Gasteiger partial charge >= 0.3 is 11.9 Å². The Morgan fingerprint density at radius 2 is 0.968 bits per heavy atom. The van der Waals surface area contributed by atoms with Crippen molar-refractivity contribution in [1.82, 2.24) is 0 Å². The molecule has 2 heterocycles. The third-order valence-corrected chi connectivity index (χ3v) is 12.9. The van der Waals surface area contributed by atoms with Crippen molar-refractivity contribution in [2.75, 3.05) is 26.4 Å². The van der Waals surface area contributed by atoms with E-state index in [2.05, 4.69) is 27.7 Å². The molecule has 2 aliphatic rings. The summed E-state index contributed by atoms with van der Waals surface area (Å²) in [6.45, 7) is 7.11. The van der Waals surface area contributed by atoms with E-state index in [9.17, 15) is 45.3 Å². The van der Waals surface area contributed by atoms with E-state index >= 15 is 0 Å². The largest absolute Gasteiger partial charge is 0.463 e. The maximum absolute atomic E-state index is 12.7. The second-order valence-electron chi connectivity index (χ2n) is 18.5. The summed E-state index contributed by atoms with van der Waals surface area (Å²) in [5.74, 6) is 0.673. The Bertz CT molecular complexity index is 1150. The lowest BCUT2D eigenvalue weighted by Gasteiger charge is -2.46. The van der Waals surface area contributed by atoms with E-state index in [4.69, 9.17) is 28.4 Å². The SMILES string of the molecule is CCC(C)CCCCCCCCCCCCC(=O)OCC(O)CO[C@H]1O[C@H](COC(=O)CCCCCCCCCCCC(C)CC)[C@@H](O)[C@H](O[C@H]2O[C@H](CO)[C@@H](O)[C@H](O)[C@@H]2O)[C@@H]1O. The van der Waals surface area contributed by atoms with Gasteiger partial charge in [-0.15, -0.1) is 0 Å². The molecule has 3 unspecified atom stereocenters. The molecule has 13 atom stereocenters. The molecule has 0 aromatic heterocycles. The monoisotopic (exact) mass is 907 g/mol. The zero-order valence-electron chi connectivity index (χ0n) is 39.4. The summed E-state index contributed by atoms with van der Waals surface area (Å²) in [7, 11) is 0. The standard InChI is InChI=1S/C48H90O15/c1-5-34(3)26-22-18-14-10-7-8-12-16-20-24-28-39(51)58-31-36(50)32-60-47-45(57)46(63-48-44(56)43(55)41(53)37(30-49)61-48)42(54)38(62-47)33-59-40(52)29-25-21-17-13-9-11-15-19-23-27-35(4)6-2/h34-38,41-50,53-57H,5-33H2,1-4H3/t34?,35?,36?,37-,38-,41-,42-,43+,44+,45+,46+,47+,48-/m1/s1. The first-order valence-corrected chi connectivity index (χ1v) is 24.9. The second-order valence-corrected chi connectivity index (χ2v) is 18.5. The van der Waals surface area contributed by atoms with Crippen LogP contribution < -0.4 is 0 Å². The van der Waals surface area contributed by atoms with Gasteiger partial charge in [0.05, 0.1) is 13.2 Å². The number of rotatable bonds is 37. The third kappa shape index (κ3) is 24.2. The van der Waals surface area contributed by atoms with Crippen molar-refractivity contribution in [2.24, 2.45) is 11.8 Å². The van der Waals surface area contributed by atoms with Gasteiger partial charge in [0.1, 0.15) is 68.1 Å². The predicted molar refractivity (Wildman–Crippen MR) is 238 cm³/mol. The fourth-order valence-corrected chi connectivity index (χ4v) is 8.02. The van der Waals surface area contributed by atoms with Crippen LogP contribution in [0.5, 0.6) is 0 Å². The van der Waals surface area contributed by atoms with Crippen LogP contribution in [0.2, 0.25) is 0 Å². The van der Waals surface area contributed by atoms with Gasteiger partial charge in [-0.3, -0.25) is 9.59 Å². The number of hydrogen-bond donors (Lipinski definition) is 7. The molecule has 7 N–H and O–H groups in total. The molecule has 2 saturated heterocycles. The molecule has 0 amide bonds. The molecule has 2 fully saturated rings. The molecule has 0 bridgehead atoms. The van der Waals surface area contributed by atoms with Crippen LogP contribution in [0.25, 0.3) is 0 Å². The number of esters is 2. The number of aliphatic hydroxyl groups excluding tert-OH is 7. The van der Waals surface area contributed by atoms with Crippen molar-refractivity contribution in [3.05, 3.63) is 0 Å². The molecule has 372 valence electrons. The summed E-state index contributed by atoms with van der Waals surface area (Å²) >= 11 is 0. The number of hydrogen-bond acceptors (Lipinski definition) is 15. The minimum absolute atomic E-state index is 0.162. The average molecular weight is 907 g/mol. The Kier molecular flexibility index (Phi) is 31.8. The first-order chi connectivity index (χ1) is 30.3. The molecule has 0 aromatic rings. The molecule has 0 spiro atoms. The Morgan fingerprint density at radius 1 is 0.524 bits per heavy atom. The highest BCUT2D eigenvalue weighted by Crippen LogP contribution is 2.30. The molecule has 2 rings (SSSR count). The van der Waals surface area contributed by atoms with Gasteiger partial charge in [0, 0.05) is 12.8 Å². The molecule has 63 heavy (non-hydrogen) atoms. The molecule has 2 aliphatic heterocycles. The average Bonchev–Trinajstić information content (AvgIpc) is 3.28. The van der Waals surface area contributed by atoms with Crippen molar-refractivity contribution in [1.29, 1.82) is 0 Å². The van der Waals surface area contributed by atoms with Gasteiger partial charge in [0.2, 0.25) is 0 Å². The highest BCUT2D eigenvalue weighted by Gasteiger charge is 2.51. The van der Waals surface area contributed by atoms with Crippen molar-refractivity contribution >= 4 is 11.9 Å². The lowest BCUT2D eigenvalue weighted by atomic mass is 9.97. The van der Waals surface area contributed by atoms with Gasteiger partial charge < -0.3 is 64.2 Å². The molecule has 15 heteroatoms. The topological polar surface area (TPSA) is 231 Å². The molecular formula is C48H90O15. The first kappa shape index (κ1) is 57.6. The minimum Gasteiger partial charge on any atom is -0.463 e. The molecular weight excluding hydrogens is 817 g/mol.